The summed E-state index contributed by atoms with van der Waals surface area (Å²) in [6, 6.07) is 7.93. The molecule has 0 aliphatic carbocycles. The van der Waals surface area contributed by atoms with Crippen LogP contribution >= 0.6 is 0 Å². The van der Waals surface area contributed by atoms with E-state index in [1.165, 1.54) is 12.1 Å². The molecule has 0 unspecified atom stereocenters. The molecular formula is C15H25NO4Si. The zero-order valence-electron chi connectivity index (χ0n) is 12.9. The summed E-state index contributed by atoms with van der Waals surface area (Å²) in [5, 5.41) is 29.3. The number of aromatic hydroxyl groups is 1. The third-order valence-corrected chi connectivity index (χ3v) is 9.64. The van der Waals surface area contributed by atoms with Gasteiger partial charge in [-0.15, -0.1) is 0 Å². The molecule has 0 aromatic heterocycles. The molecule has 1 aromatic carbocycles. The van der Waals surface area contributed by atoms with Crippen LogP contribution in [0.4, 0.5) is 0 Å². The molecule has 0 fully saturated rings. The van der Waals surface area contributed by atoms with Crippen LogP contribution in [-0.4, -0.2) is 40.4 Å². The Kier molecular flexibility index (Phi) is 6.38. The SMILES string of the molecule is CC[Si](CC)(CC)N(O)[C@@H](Cc1ccc(O)cc1)C(=O)O. The molecule has 0 saturated heterocycles. The van der Waals surface area contributed by atoms with E-state index in [2.05, 4.69) is 0 Å². The average molecular weight is 311 g/mol. The van der Waals surface area contributed by atoms with Crippen LogP contribution in [0.1, 0.15) is 26.3 Å². The normalized spacial score (nSPS) is 13.4. The molecule has 3 N–H and O–H groups in total. The number of hydrogen-bond donors (Lipinski definition) is 3. The molecule has 0 bridgehead atoms. The fourth-order valence-corrected chi connectivity index (χ4v) is 6.04. The van der Waals surface area contributed by atoms with E-state index < -0.39 is 20.2 Å². The summed E-state index contributed by atoms with van der Waals surface area (Å²) in [5.74, 6) is -0.872. The van der Waals surface area contributed by atoms with Gasteiger partial charge in [0.15, 0.2) is 8.24 Å². The van der Waals surface area contributed by atoms with Crippen molar-refractivity contribution in [1.29, 1.82) is 0 Å². The fourth-order valence-electron chi connectivity index (χ4n) is 2.70. The molecule has 0 saturated carbocycles. The predicted octanol–water partition coefficient (Wildman–Crippen LogP) is 3.08. The van der Waals surface area contributed by atoms with Crippen LogP contribution in [0.3, 0.4) is 0 Å². The second-order valence-corrected chi connectivity index (χ2v) is 10.4. The van der Waals surface area contributed by atoms with Gasteiger partial charge in [-0.05, 0) is 35.8 Å². The number of rotatable bonds is 8. The first-order valence-corrected chi connectivity index (χ1v) is 9.96. The fraction of sp³-hybridized carbons (Fsp3) is 0.533. The molecule has 0 heterocycles. The molecule has 21 heavy (non-hydrogen) atoms. The number of hydrogen-bond acceptors (Lipinski definition) is 4. The third kappa shape index (κ3) is 4.06. The Morgan fingerprint density at radius 3 is 2.00 bits per heavy atom. The third-order valence-electron chi connectivity index (χ3n) is 4.41. The number of benzene rings is 1. The number of aliphatic carboxylic acids is 1. The number of nitrogens with zero attached hydrogens (tertiary/aromatic N) is 1. The van der Waals surface area contributed by atoms with Crippen molar-refractivity contribution in [2.24, 2.45) is 0 Å². The molecule has 1 atom stereocenters. The summed E-state index contributed by atoms with van der Waals surface area (Å²) < 4.78 is 1.15. The van der Waals surface area contributed by atoms with Crippen molar-refractivity contribution in [2.45, 2.75) is 51.4 Å². The van der Waals surface area contributed by atoms with Crippen LogP contribution in [0, 0.1) is 0 Å². The van der Waals surface area contributed by atoms with Crippen molar-refractivity contribution in [3.63, 3.8) is 0 Å². The van der Waals surface area contributed by atoms with Crippen molar-refractivity contribution in [3.8, 4) is 5.75 Å². The quantitative estimate of drug-likeness (QED) is 0.508. The van der Waals surface area contributed by atoms with Crippen molar-refractivity contribution in [1.82, 2.24) is 4.73 Å². The van der Waals surface area contributed by atoms with Crippen LogP contribution in [0.2, 0.25) is 18.1 Å². The molecule has 1 rings (SSSR count). The van der Waals surface area contributed by atoms with Gasteiger partial charge in [-0.25, -0.2) is 4.73 Å². The van der Waals surface area contributed by atoms with E-state index in [4.69, 9.17) is 0 Å². The van der Waals surface area contributed by atoms with E-state index in [1.807, 2.05) is 20.8 Å². The molecule has 0 radical (unpaired) electrons. The van der Waals surface area contributed by atoms with Crippen molar-refractivity contribution in [3.05, 3.63) is 29.8 Å². The van der Waals surface area contributed by atoms with E-state index in [-0.39, 0.29) is 12.2 Å². The molecule has 118 valence electrons. The van der Waals surface area contributed by atoms with E-state index in [9.17, 15) is 20.2 Å². The van der Waals surface area contributed by atoms with E-state index in [1.54, 1.807) is 12.1 Å². The summed E-state index contributed by atoms with van der Waals surface area (Å²) in [4.78, 5) is 11.6. The summed E-state index contributed by atoms with van der Waals surface area (Å²) >= 11 is 0. The Balaban J connectivity index is 3.00. The molecule has 0 spiro atoms. The first kappa shape index (κ1) is 17.7. The Morgan fingerprint density at radius 1 is 1.14 bits per heavy atom. The van der Waals surface area contributed by atoms with Gasteiger partial charge in [0.05, 0.1) is 0 Å². The summed E-state index contributed by atoms with van der Waals surface area (Å²) in [6.45, 7) is 6.05. The van der Waals surface area contributed by atoms with Crippen molar-refractivity contribution in [2.75, 3.05) is 0 Å². The molecular weight excluding hydrogens is 286 g/mol. The lowest BCUT2D eigenvalue weighted by molar-refractivity contribution is -0.153. The zero-order chi connectivity index (χ0) is 16.0. The maximum atomic E-state index is 11.6. The lowest BCUT2D eigenvalue weighted by Gasteiger charge is -2.39. The Bertz CT molecular complexity index is 451. The van der Waals surface area contributed by atoms with Crippen LogP contribution in [-0.2, 0) is 11.2 Å². The number of carbonyl (C=O) groups is 1. The monoisotopic (exact) mass is 311 g/mol. The van der Waals surface area contributed by atoms with E-state index >= 15 is 0 Å². The Morgan fingerprint density at radius 2 is 1.62 bits per heavy atom. The first-order chi connectivity index (χ1) is 9.90. The largest absolute Gasteiger partial charge is 0.508 e. The lowest BCUT2D eigenvalue weighted by atomic mass is 10.1. The lowest BCUT2D eigenvalue weighted by Crippen LogP contribution is -2.58. The standard InChI is InChI=1S/C15H25NO4Si/c1-4-21(5-2,6-3)16(20)14(15(18)19)11-12-7-9-13(17)10-8-12/h7-10,14,17,20H,4-6,11H2,1-3H3,(H,18,19)/t14-/m0/s1. The van der Waals surface area contributed by atoms with E-state index in [0.29, 0.717) is 0 Å². The number of carboxylic acid groups (broad SMARTS) is 1. The number of phenols is 1. The molecule has 5 nitrogen and oxygen atoms in total. The smallest absolute Gasteiger partial charge is 0.322 e. The molecule has 1 aromatic rings. The van der Waals surface area contributed by atoms with Gasteiger partial charge < -0.3 is 15.4 Å². The van der Waals surface area contributed by atoms with Crippen molar-refractivity contribution >= 4 is 14.2 Å². The number of hydroxylamine groups is 1. The van der Waals surface area contributed by atoms with Crippen LogP contribution < -0.4 is 0 Å². The van der Waals surface area contributed by atoms with Crippen molar-refractivity contribution < 1.29 is 20.2 Å². The van der Waals surface area contributed by atoms with Gasteiger partial charge in [0.1, 0.15) is 11.8 Å². The van der Waals surface area contributed by atoms with Gasteiger partial charge in [0, 0.05) is 6.42 Å². The second kappa shape index (κ2) is 7.58. The number of carboxylic acids is 1. The average Bonchev–Trinajstić information content (AvgIpc) is 2.48. The molecule has 6 heteroatoms. The van der Waals surface area contributed by atoms with Gasteiger partial charge >= 0.3 is 5.97 Å². The highest BCUT2D eigenvalue weighted by Gasteiger charge is 2.41. The van der Waals surface area contributed by atoms with E-state index in [0.717, 1.165) is 28.4 Å². The minimum absolute atomic E-state index is 0.144. The zero-order valence-corrected chi connectivity index (χ0v) is 13.9. The highest BCUT2D eigenvalue weighted by molar-refractivity contribution is 6.76. The minimum atomic E-state index is -2.15. The van der Waals surface area contributed by atoms with Gasteiger partial charge in [0.25, 0.3) is 0 Å². The van der Waals surface area contributed by atoms with Crippen LogP contribution in [0.5, 0.6) is 5.75 Å². The highest BCUT2D eigenvalue weighted by atomic mass is 28.3. The minimum Gasteiger partial charge on any atom is -0.508 e. The van der Waals surface area contributed by atoms with Crippen LogP contribution in [0.25, 0.3) is 0 Å². The topological polar surface area (TPSA) is 81.0 Å². The maximum Gasteiger partial charge on any atom is 0.322 e. The summed E-state index contributed by atoms with van der Waals surface area (Å²) in [6.07, 6.45) is 0.223. The molecule has 0 aliphatic rings. The van der Waals surface area contributed by atoms with Crippen LogP contribution in [0.15, 0.2) is 24.3 Å². The summed E-state index contributed by atoms with van der Waals surface area (Å²) in [7, 11) is -2.15. The Hall–Kier alpha value is -1.37. The molecule has 0 amide bonds. The van der Waals surface area contributed by atoms with Gasteiger partial charge in [0.2, 0.25) is 0 Å². The second-order valence-electron chi connectivity index (χ2n) is 5.35. The summed E-state index contributed by atoms with van der Waals surface area (Å²) in [5.41, 5.74) is 0.783. The number of phenolic OH excluding ortho intramolecular Hbond substituents is 1. The van der Waals surface area contributed by atoms with Gasteiger partial charge in [-0.1, -0.05) is 32.9 Å². The maximum absolute atomic E-state index is 11.6. The van der Waals surface area contributed by atoms with Gasteiger partial charge in [-0.3, -0.25) is 4.79 Å². The van der Waals surface area contributed by atoms with Gasteiger partial charge in [-0.2, -0.15) is 0 Å². The highest BCUT2D eigenvalue weighted by Crippen LogP contribution is 2.27. The predicted molar refractivity (Wildman–Crippen MR) is 84.1 cm³/mol. The molecule has 0 aliphatic heterocycles. The Labute approximate surface area is 126 Å². The first-order valence-electron chi connectivity index (χ1n) is 7.39.